The molecule has 2 heterocycles. The Balaban J connectivity index is 1.59. The third-order valence-corrected chi connectivity index (χ3v) is 3.74. The maximum Gasteiger partial charge on any atom is 0.226 e. The Morgan fingerprint density at radius 3 is 3.05 bits per heavy atom. The van der Waals surface area contributed by atoms with E-state index < -0.39 is 0 Å². The molecule has 0 aromatic carbocycles. The van der Waals surface area contributed by atoms with Gasteiger partial charge in [0, 0.05) is 36.8 Å². The van der Waals surface area contributed by atoms with Gasteiger partial charge in [-0.05, 0) is 25.0 Å². The molecular formula is C16H19N3O2. The highest BCUT2D eigenvalue weighted by molar-refractivity contribution is 6.01. The Morgan fingerprint density at radius 1 is 1.52 bits per heavy atom. The van der Waals surface area contributed by atoms with Crippen molar-refractivity contribution in [2.45, 2.75) is 25.4 Å². The van der Waals surface area contributed by atoms with Gasteiger partial charge in [0.15, 0.2) is 6.10 Å². The Kier molecular flexibility index (Phi) is 3.99. The summed E-state index contributed by atoms with van der Waals surface area (Å²) >= 11 is 0. The molecule has 0 unspecified atom stereocenters. The normalized spacial score (nSPS) is 20.6. The predicted octanol–water partition coefficient (Wildman–Crippen LogP) is 2.00. The zero-order valence-electron chi connectivity index (χ0n) is 11.9. The van der Waals surface area contributed by atoms with Gasteiger partial charge < -0.3 is 9.74 Å². The van der Waals surface area contributed by atoms with Crippen molar-refractivity contribution in [2.75, 3.05) is 13.1 Å². The number of hydrogen-bond acceptors (Lipinski definition) is 4. The van der Waals surface area contributed by atoms with Crippen molar-refractivity contribution in [1.29, 1.82) is 0 Å². The Hall–Kier alpha value is -2.17. The first-order valence-electron chi connectivity index (χ1n) is 7.30. The number of amides is 1. The Morgan fingerprint density at radius 2 is 2.38 bits per heavy atom. The van der Waals surface area contributed by atoms with Gasteiger partial charge in [0.05, 0.1) is 12.3 Å². The smallest absolute Gasteiger partial charge is 0.226 e. The summed E-state index contributed by atoms with van der Waals surface area (Å²) < 4.78 is 0. The van der Waals surface area contributed by atoms with Gasteiger partial charge in [0.25, 0.3) is 0 Å². The van der Waals surface area contributed by atoms with Crippen molar-refractivity contribution in [2.24, 2.45) is 11.1 Å². The number of hydrogen-bond donors (Lipinski definition) is 0. The Labute approximate surface area is 124 Å². The summed E-state index contributed by atoms with van der Waals surface area (Å²) in [7, 11) is 0. The molecule has 5 nitrogen and oxygen atoms in total. The zero-order chi connectivity index (χ0) is 14.7. The van der Waals surface area contributed by atoms with Crippen molar-refractivity contribution >= 4 is 11.6 Å². The van der Waals surface area contributed by atoms with Gasteiger partial charge in [-0.2, -0.15) is 0 Å². The van der Waals surface area contributed by atoms with Crippen LogP contribution in [0.1, 0.15) is 24.8 Å². The highest BCUT2D eigenvalue weighted by atomic mass is 16.6. The van der Waals surface area contributed by atoms with Crippen molar-refractivity contribution < 1.29 is 9.63 Å². The zero-order valence-corrected chi connectivity index (χ0v) is 11.9. The SMILES string of the molecule is C=CCN(C[C@H]1CC(c2cccnc2)=NO1)C(=O)C1CC1. The minimum Gasteiger partial charge on any atom is -0.390 e. The standard InChI is InChI=1S/C16H19N3O2/c1-2-8-19(16(20)12-5-6-12)11-14-9-15(18-21-14)13-4-3-7-17-10-13/h2-4,7,10,12,14H,1,5-6,8-9,11H2/t14-/m1/s1. The lowest BCUT2D eigenvalue weighted by atomic mass is 10.1. The molecule has 1 atom stereocenters. The molecule has 5 heteroatoms. The molecule has 0 saturated heterocycles. The van der Waals surface area contributed by atoms with Crippen LogP contribution in [-0.4, -0.2) is 40.7 Å². The van der Waals surface area contributed by atoms with Crippen LogP contribution in [0.15, 0.2) is 42.3 Å². The van der Waals surface area contributed by atoms with E-state index in [2.05, 4.69) is 16.7 Å². The number of rotatable bonds is 6. The average molecular weight is 285 g/mol. The molecule has 21 heavy (non-hydrogen) atoms. The summed E-state index contributed by atoms with van der Waals surface area (Å²) in [6.07, 6.45) is 7.92. The van der Waals surface area contributed by atoms with Crippen LogP contribution in [0.25, 0.3) is 0 Å². The molecule has 3 rings (SSSR count). The maximum absolute atomic E-state index is 12.2. The van der Waals surface area contributed by atoms with Crippen LogP contribution >= 0.6 is 0 Å². The van der Waals surface area contributed by atoms with Crippen LogP contribution in [0.2, 0.25) is 0 Å². The molecule has 1 aromatic heterocycles. The van der Waals surface area contributed by atoms with Gasteiger partial charge in [0.1, 0.15) is 0 Å². The first-order valence-corrected chi connectivity index (χ1v) is 7.30. The van der Waals surface area contributed by atoms with Crippen molar-refractivity contribution in [3.05, 3.63) is 42.7 Å². The van der Waals surface area contributed by atoms with Crippen LogP contribution in [0.4, 0.5) is 0 Å². The van der Waals surface area contributed by atoms with E-state index in [0.29, 0.717) is 19.5 Å². The number of carbonyl (C=O) groups excluding carboxylic acids is 1. The first-order chi connectivity index (χ1) is 10.3. The fraction of sp³-hybridized carbons (Fsp3) is 0.438. The quantitative estimate of drug-likeness (QED) is 0.751. The van der Waals surface area contributed by atoms with E-state index in [9.17, 15) is 4.79 Å². The summed E-state index contributed by atoms with van der Waals surface area (Å²) in [5.41, 5.74) is 1.87. The average Bonchev–Trinajstić information content (AvgIpc) is 3.26. The van der Waals surface area contributed by atoms with E-state index in [1.165, 1.54) is 0 Å². The molecule has 1 fully saturated rings. The molecule has 110 valence electrons. The van der Waals surface area contributed by atoms with Gasteiger partial charge in [-0.1, -0.05) is 11.2 Å². The van der Waals surface area contributed by atoms with Gasteiger partial charge >= 0.3 is 0 Å². The second kappa shape index (κ2) is 6.08. The largest absolute Gasteiger partial charge is 0.390 e. The minimum atomic E-state index is -0.0807. The first kappa shape index (κ1) is 13.8. The summed E-state index contributed by atoms with van der Waals surface area (Å²) in [4.78, 5) is 23.6. The summed E-state index contributed by atoms with van der Waals surface area (Å²) in [6, 6.07) is 3.85. The van der Waals surface area contributed by atoms with Gasteiger partial charge in [0.2, 0.25) is 5.91 Å². The van der Waals surface area contributed by atoms with E-state index in [0.717, 1.165) is 24.1 Å². The van der Waals surface area contributed by atoms with Gasteiger partial charge in [-0.25, -0.2) is 0 Å². The van der Waals surface area contributed by atoms with Crippen LogP contribution in [0.5, 0.6) is 0 Å². The summed E-state index contributed by atoms with van der Waals surface area (Å²) in [6.45, 7) is 4.86. The molecule has 0 bridgehead atoms. The third-order valence-electron chi connectivity index (χ3n) is 3.74. The highest BCUT2D eigenvalue weighted by Crippen LogP contribution is 2.31. The number of carbonyl (C=O) groups is 1. The van der Waals surface area contributed by atoms with Gasteiger partial charge in [-0.3, -0.25) is 9.78 Å². The van der Waals surface area contributed by atoms with Crippen LogP contribution in [0.3, 0.4) is 0 Å². The van der Waals surface area contributed by atoms with E-state index >= 15 is 0 Å². The van der Waals surface area contributed by atoms with Crippen LogP contribution in [0, 0.1) is 5.92 Å². The minimum absolute atomic E-state index is 0.0807. The lowest BCUT2D eigenvalue weighted by molar-refractivity contribution is -0.133. The third kappa shape index (κ3) is 3.29. The maximum atomic E-state index is 12.2. The monoisotopic (exact) mass is 285 g/mol. The molecular weight excluding hydrogens is 266 g/mol. The molecule has 0 spiro atoms. The topological polar surface area (TPSA) is 54.8 Å². The van der Waals surface area contributed by atoms with Crippen molar-refractivity contribution in [1.82, 2.24) is 9.88 Å². The molecule has 0 radical (unpaired) electrons. The van der Waals surface area contributed by atoms with E-state index in [4.69, 9.17) is 4.84 Å². The lowest BCUT2D eigenvalue weighted by Crippen LogP contribution is -2.38. The number of pyridine rings is 1. The lowest BCUT2D eigenvalue weighted by Gasteiger charge is -2.23. The van der Waals surface area contributed by atoms with Crippen molar-refractivity contribution in [3.63, 3.8) is 0 Å². The fourth-order valence-corrected chi connectivity index (χ4v) is 2.47. The number of nitrogens with zero attached hydrogens (tertiary/aromatic N) is 3. The number of oxime groups is 1. The molecule has 1 aliphatic carbocycles. The molecule has 0 N–H and O–H groups in total. The van der Waals surface area contributed by atoms with Crippen LogP contribution < -0.4 is 0 Å². The Bertz CT molecular complexity index is 552. The summed E-state index contributed by atoms with van der Waals surface area (Å²) in [5, 5.41) is 4.13. The predicted molar refractivity (Wildman–Crippen MR) is 79.8 cm³/mol. The van der Waals surface area contributed by atoms with Crippen molar-refractivity contribution in [3.8, 4) is 0 Å². The molecule has 1 saturated carbocycles. The van der Waals surface area contributed by atoms with Crippen LogP contribution in [-0.2, 0) is 9.63 Å². The fourth-order valence-electron chi connectivity index (χ4n) is 2.47. The second-order valence-corrected chi connectivity index (χ2v) is 5.52. The second-order valence-electron chi connectivity index (χ2n) is 5.52. The molecule has 1 amide bonds. The molecule has 1 aliphatic heterocycles. The summed E-state index contributed by atoms with van der Waals surface area (Å²) in [5.74, 6) is 0.429. The molecule has 1 aromatic rings. The van der Waals surface area contributed by atoms with E-state index in [-0.39, 0.29) is 17.9 Å². The van der Waals surface area contributed by atoms with E-state index in [1.807, 2.05) is 17.0 Å². The van der Waals surface area contributed by atoms with Gasteiger partial charge in [-0.15, -0.1) is 6.58 Å². The highest BCUT2D eigenvalue weighted by Gasteiger charge is 2.35. The number of aromatic nitrogens is 1. The van der Waals surface area contributed by atoms with E-state index in [1.54, 1.807) is 18.5 Å². The molecule has 2 aliphatic rings.